The smallest absolute Gasteiger partial charge is 0.152 e. The average Bonchev–Trinajstić information content (AvgIpc) is 3.11. The maximum atomic E-state index is 6.17. The van der Waals surface area contributed by atoms with Gasteiger partial charge in [0.25, 0.3) is 0 Å². The summed E-state index contributed by atoms with van der Waals surface area (Å²) < 4.78 is 7.48. The van der Waals surface area contributed by atoms with Crippen molar-refractivity contribution in [2.75, 3.05) is 5.32 Å². The van der Waals surface area contributed by atoms with E-state index in [0.717, 1.165) is 22.8 Å². The van der Waals surface area contributed by atoms with E-state index in [0.29, 0.717) is 5.15 Å². The van der Waals surface area contributed by atoms with Crippen LogP contribution in [0.25, 0.3) is 0 Å². The number of furan rings is 1. The molecule has 0 amide bonds. The molecule has 0 aliphatic rings. The first-order chi connectivity index (χ1) is 10.1. The van der Waals surface area contributed by atoms with Crippen LogP contribution in [0.4, 0.5) is 5.69 Å². The molecular formula is C15H15ClN4O. The van der Waals surface area contributed by atoms with Gasteiger partial charge in [-0.15, -0.1) is 0 Å². The summed E-state index contributed by atoms with van der Waals surface area (Å²) in [5.41, 5.74) is 1.78. The van der Waals surface area contributed by atoms with Gasteiger partial charge in [0, 0.05) is 25.6 Å². The highest BCUT2D eigenvalue weighted by atomic mass is 35.5. The van der Waals surface area contributed by atoms with Crippen LogP contribution in [-0.4, -0.2) is 14.5 Å². The number of rotatable bonds is 4. The number of hydrogen-bond acceptors (Lipinski definition) is 4. The molecule has 0 fully saturated rings. The molecule has 21 heavy (non-hydrogen) atoms. The number of aryl methyl sites for hydroxylation is 2. The van der Waals surface area contributed by atoms with Crippen molar-refractivity contribution in [3.63, 3.8) is 0 Å². The molecule has 0 aliphatic carbocycles. The molecule has 5 nitrogen and oxygen atoms in total. The highest BCUT2D eigenvalue weighted by Crippen LogP contribution is 2.29. The van der Waals surface area contributed by atoms with Gasteiger partial charge < -0.3 is 14.3 Å². The molecule has 3 aromatic rings. The molecule has 6 heteroatoms. The number of nitrogens with one attached hydrogen (secondary N) is 1. The molecule has 1 unspecified atom stereocenters. The zero-order chi connectivity index (χ0) is 14.8. The van der Waals surface area contributed by atoms with Gasteiger partial charge in [0.15, 0.2) is 5.15 Å². The average molecular weight is 303 g/mol. The van der Waals surface area contributed by atoms with E-state index in [9.17, 15) is 0 Å². The largest absolute Gasteiger partial charge is 0.467 e. The summed E-state index contributed by atoms with van der Waals surface area (Å²) in [5, 5.41) is 3.78. The quantitative estimate of drug-likeness (QED) is 0.749. The molecule has 3 aromatic heterocycles. The molecule has 1 N–H and O–H groups in total. The first kappa shape index (κ1) is 13.7. The van der Waals surface area contributed by atoms with Crippen LogP contribution in [-0.2, 0) is 7.05 Å². The lowest BCUT2D eigenvalue weighted by molar-refractivity contribution is 0.488. The number of pyridine rings is 1. The Kier molecular flexibility index (Phi) is 3.66. The third kappa shape index (κ3) is 2.78. The third-order valence-electron chi connectivity index (χ3n) is 3.22. The molecule has 0 aromatic carbocycles. The lowest BCUT2D eigenvalue weighted by Crippen LogP contribution is -2.16. The van der Waals surface area contributed by atoms with E-state index in [1.807, 2.05) is 42.9 Å². The number of halogens is 1. The topological polar surface area (TPSA) is 55.9 Å². The fourth-order valence-electron chi connectivity index (χ4n) is 2.18. The second kappa shape index (κ2) is 5.61. The van der Waals surface area contributed by atoms with Crippen molar-refractivity contribution in [3.8, 4) is 0 Å². The lowest BCUT2D eigenvalue weighted by atomic mass is 10.2. The van der Waals surface area contributed by atoms with Crippen LogP contribution in [0.3, 0.4) is 0 Å². The van der Waals surface area contributed by atoms with Crippen LogP contribution >= 0.6 is 11.6 Å². The molecule has 3 rings (SSSR count). The van der Waals surface area contributed by atoms with Crippen LogP contribution < -0.4 is 5.32 Å². The SMILES string of the molecule is Cc1cnc(Cl)c(NC(c2ccco2)c2nccn2C)c1. The molecule has 0 saturated heterocycles. The molecule has 3 heterocycles. The van der Waals surface area contributed by atoms with Crippen LogP contribution in [0.2, 0.25) is 5.15 Å². The normalized spacial score (nSPS) is 12.3. The van der Waals surface area contributed by atoms with Gasteiger partial charge in [0.1, 0.15) is 17.6 Å². The summed E-state index contributed by atoms with van der Waals surface area (Å²) in [6.45, 7) is 1.97. The van der Waals surface area contributed by atoms with Crippen LogP contribution in [0.5, 0.6) is 0 Å². The van der Waals surface area contributed by atoms with Gasteiger partial charge in [-0.2, -0.15) is 0 Å². The molecule has 0 spiro atoms. The Morgan fingerprint density at radius 1 is 1.38 bits per heavy atom. The van der Waals surface area contributed by atoms with Crippen molar-refractivity contribution in [1.82, 2.24) is 14.5 Å². The second-order valence-electron chi connectivity index (χ2n) is 4.84. The second-order valence-corrected chi connectivity index (χ2v) is 5.20. The number of aromatic nitrogens is 3. The minimum Gasteiger partial charge on any atom is -0.467 e. The lowest BCUT2D eigenvalue weighted by Gasteiger charge is -2.18. The van der Waals surface area contributed by atoms with Gasteiger partial charge in [-0.25, -0.2) is 9.97 Å². The summed E-state index contributed by atoms with van der Waals surface area (Å²) in [6.07, 6.45) is 7.02. The van der Waals surface area contributed by atoms with Crippen molar-refractivity contribution in [2.45, 2.75) is 13.0 Å². The number of imidazole rings is 1. The van der Waals surface area contributed by atoms with E-state index in [1.165, 1.54) is 0 Å². The van der Waals surface area contributed by atoms with Gasteiger partial charge in [0.2, 0.25) is 0 Å². The molecule has 108 valence electrons. The number of hydrogen-bond donors (Lipinski definition) is 1. The maximum Gasteiger partial charge on any atom is 0.152 e. The summed E-state index contributed by atoms with van der Waals surface area (Å²) in [6, 6.07) is 5.47. The first-order valence-corrected chi connectivity index (χ1v) is 6.92. The summed E-state index contributed by atoms with van der Waals surface area (Å²) >= 11 is 6.17. The predicted molar refractivity (Wildman–Crippen MR) is 81.4 cm³/mol. The molecular weight excluding hydrogens is 288 g/mol. The molecule has 0 radical (unpaired) electrons. The Hall–Kier alpha value is -2.27. The Labute approximate surface area is 127 Å². The predicted octanol–water partition coefficient (Wildman–Crippen LogP) is 3.57. The van der Waals surface area contributed by atoms with E-state index in [2.05, 4.69) is 15.3 Å². The van der Waals surface area contributed by atoms with Gasteiger partial charge >= 0.3 is 0 Å². The first-order valence-electron chi connectivity index (χ1n) is 6.54. The molecule has 1 atom stereocenters. The van der Waals surface area contributed by atoms with Crippen LogP contribution in [0, 0.1) is 6.92 Å². The van der Waals surface area contributed by atoms with Crippen molar-refractivity contribution < 1.29 is 4.42 Å². The van der Waals surface area contributed by atoms with Crippen molar-refractivity contribution in [2.24, 2.45) is 7.05 Å². The standard InChI is InChI=1S/C15H15ClN4O/c1-10-8-11(14(16)18-9-10)19-13(12-4-3-7-21-12)15-17-5-6-20(15)2/h3-9,13,19H,1-2H3. The minimum absolute atomic E-state index is 0.235. The highest BCUT2D eigenvalue weighted by molar-refractivity contribution is 6.32. The van der Waals surface area contributed by atoms with E-state index in [-0.39, 0.29) is 6.04 Å². The Morgan fingerprint density at radius 3 is 2.90 bits per heavy atom. The van der Waals surface area contributed by atoms with E-state index >= 15 is 0 Å². The molecule has 0 saturated carbocycles. The van der Waals surface area contributed by atoms with Crippen LogP contribution in [0.1, 0.15) is 23.2 Å². The Balaban J connectivity index is 2.01. The fraction of sp³-hybridized carbons (Fsp3) is 0.200. The number of anilines is 1. The van der Waals surface area contributed by atoms with Crippen molar-refractivity contribution in [1.29, 1.82) is 0 Å². The van der Waals surface area contributed by atoms with E-state index in [4.69, 9.17) is 16.0 Å². The van der Waals surface area contributed by atoms with Crippen molar-refractivity contribution >= 4 is 17.3 Å². The number of nitrogens with zero attached hydrogens (tertiary/aromatic N) is 3. The van der Waals surface area contributed by atoms with E-state index in [1.54, 1.807) is 18.7 Å². The van der Waals surface area contributed by atoms with Gasteiger partial charge in [-0.05, 0) is 30.7 Å². The summed E-state index contributed by atoms with van der Waals surface area (Å²) in [5.74, 6) is 1.60. The summed E-state index contributed by atoms with van der Waals surface area (Å²) in [7, 11) is 1.94. The van der Waals surface area contributed by atoms with Crippen molar-refractivity contribution in [3.05, 3.63) is 65.4 Å². The maximum absolute atomic E-state index is 6.17. The van der Waals surface area contributed by atoms with Gasteiger partial charge in [-0.1, -0.05) is 11.6 Å². The Morgan fingerprint density at radius 2 is 2.24 bits per heavy atom. The molecule has 0 aliphatic heterocycles. The summed E-state index contributed by atoms with van der Waals surface area (Å²) in [4.78, 5) is 8.56. The molecule has 0 bridgehead atoms. The zero-order valence-electron chi connectivity index (χ0n) is 11.7. The highest BCUT2D eigenvalue weighted by Gasteiger charge is 2.22. The van der Waals surface area contributed by atoms with E-state index < -0.39 is 0 Å². The van der Waals surface area contributed by atoms with Gasteiger partial charge in [-0.3, -0.25) is 0 Å². The van der Waals surface area contributed by atoms with Gasteiger partial charge in [0.05, 0.1) is 12.0 Å². The van der Waals surface area contributed by atoms with Crippen LogP contribution in [0.15, 0.2) is 47.5 Å². The zero-order valence-corrected chi connectivity index (χ0v) is 12.5. The monoisotopic (exact) mass is 302 g/mol. The fourth-order valence-corrected chi connectivity index (χ4v) is 2.34. The third-order valence-corrected chi connectivity index (χ3v) is 3.52. The minimum atomic E-state index is -0.235. The Bertz CT molecular complexity index is 736.